The summed E-state index contributed by atoms with van der Waals surface area (Å²) in [5.74, 6) is 0.761. The molecule has 1 rings (SSSR count). The fourth-order valence-corrected chi connectivity index (χ4v) is 5.04. The van der Waals surface area contributed by atoms with Gasteiger partial charge in [0.2, 0.25) is 0 Å². The molecule has 1 aromatic carbocycles. The van der Waals surface area contributed by atoms with Gasteiger partial charge in [0.15, 0.2) is 0 Å². The van der Waals surface area contributed by atoms with E-state index in [2.05, 4.69) is 13.0 Å². The number of nitriles is 1. The smallest absolute Gasteiger partial charge is 0.131 e. The Hall–Kier alpha value is -1.09. The van der Waals surface area contributed by atoms with Crippen molar-refractivity contribution in [2.24, 2.45) is 0 Å². The lowest BCUT2D eigenvalue weighted by Crippen LogP contribution is -2.35. The number of thiocarbonyl (C=S) groups is 1. The number of ether oxygens (including phenoxy) is 1. The second kappa shape index (κ2) is 15.7. The highest BCUT2D eigenvalue weighted by atomic mass is 32.2. The predicted octanol–water partition coefficient (Wildman–Crippen LogP) is 7.45. The molecule has 0 aliphatic rings. The number of hydrogen-bond acceptors (Lipinski definition) is 5. The second-order valence-corrected chi connectivity index (χ2v) is 10.2. The minimum atomic E-state index is -0.963. The highest BCUT2D eigenvalue weighted by molar-refractivity contribution is 8.24. The number of aliphatic hydroxyl groups excluding tert-OH is 1. The lowest BCUT2D eigenvalue weighted by Gasteiger charge is -2.26. The average Bonchev–Trinajstić information content (AvgIpc) is 2.76. The third-order valence-corrected chi connectivity index (χ3v) is 7.07. The monoisotopic (exact) mass is 449 g/mol. The fraction of sp³-hybridized carbons (Fsp3) is 0.680. The van der Waals surface area contributed by atoms with Crippen molar-refractivity contribution in [3.63, 3.8) is 0 Å². The van der Waals surface area contributed by atoms with Crippen LogP contribution >= 0.6 is 24.0 Å². The Balaban J connectivity index is 2.40. The zero-order chi connectivity index (χ0) is 22.2. The zero-order valence-corrected chi connectivity index (χ0v) is 20.6. The van der Waals surface area contributed by atoms with Gasteiger partial charge in [0.25, 0.3) is 0 Å². The fourth-order valence-electron chi connectivity index (χ4n) is 3.34. The molecule has 0 aliphatic carbocycles. The molecule has 3 nitrogen and oxygen atoms in total. The first-order chi connectivity index (χ1) is 14.5. The summed E-state index contributed by atoms with van der Waals surface area (Å²) in [6, 6.07) is 9.95. The molecule has 2 atom stereocenters. The van der Waals surface area contributed by atoms with Gasteiger partial charge in [-0.1, -0.05) is 108 Å². The van der Waals surface area contributed by atoms with Crippen LogP contribution in [-0.4, -0.2) is 26.8 Å². The summed E-state index contributed by atoms with van der Waals surface area (Å²) in [6.45, 7) is 6.54. The van der Waals surface area contributed by atoms with E-state index in [1.807, 2.05) is 31.2 Å². The van der Waals surface area contributed by atoms with Crippen molar-refractivity contribution in [1.29, 1.82) is 5.26 Å². The van der Waals surface area contributed by atoms with Crippen molar-refractivity contribution in [1.82, 2.24) is 0 Å². The first-order valence-corrected chi connectivity index (χ1v) is 12.8. The van der Waals surface area contributed by atoms with Gasteiger partial charge >= 0.3 is 0 Å². The van der Waals surface area contributed by atoms with Crippen LogP contribution in [0.25, 0.3) is 0 Å². The number of unbranched alkanes of at least 4 members (excludes halogenated alkanes) is 9. The number of benzene rings is 1. The Morgan fingerprint density at radius 2 is 1.63 bits per heavy atom. The standard InChI is InChI=1S/C25H39NO2S2/c1-4-6-7-8-9-10-11-12-13-16-19-28-22-18-15-14-17-21(22)24(29)30-25(3,20-26)23(27)5-2/h14-15,17-18,23,27H,4-13,16,19H2,1-3H3. The first kappa shape index (κ1) is 26.9. The molecule has 0 bridgehead atoms. The van der Waals surface area contributed by atoms with Gasteiger partial charge in [-0.3, -0.25) is 0 Å². The number of rotatable bonds is 16. The molecule has 0 fully saturated rings. The Kier molecular flexibility index (Phi) is 14.1. The largest absolute Gasteiger partial charge is 0.493 e. The van der Waals surface area contributed by atoms with Crippen molar-refractivity contribution in [2.45, 2.75) is 102 Å². The molecule has 0 aliphatic heterocycles. The van der Waals surface area contributed by atoms with Gasteiger partial charge in [0.1, 0.15) is 10.5 Å². The van der Waals surface area contributed by atoms with Crippen molar-refractivity contribution < 1.29 is 9.84 Å². The van der Waals surface area contributed by atoms with E-state index in [0.717, 1.165) is 17.7 Å². The summed E-state index contributed by atoms with van der Waals surface area (Å²) >= 11 is 6.84. The lowest BCUT2D eigenvalue weighted by molar-refractivity contribution is 0.151. The minimum absolute atomic E-state index is 0.510. The van der Waals surface area contributed by atoms with Crippen molar-refractivity contribution in [3.05, 3.63) is 29.8 Å². The number of aliphatic hydroxyl groups is 1. The quantitative estimate of drug-likeness (QED) is 0.210. The van der Waals surface area contributed by atoms with Gasteiger partial charge in [-0.25, -0.2) is 0 Å². The predicted molar refractivity (Wildman–Crippen MR) is 133 cm³/mol. The van der Waals surface area contributed by atoms with Gasteiger partial charge in [-0.15, -0.1) is 0 Å². The molecule has 0 saturated carbocycles. The second-order valence-electron chi connectivity index (χ2n) is 8.06. The molecular weight excluding hydrogens is 410 g/mol. The topological polar surface area (TPSA) is 53.2 Å². The Morgan fingerprint density at radius 3 is 2.20 bits per heavy atom. The molecule has 5 heteroatoms. The molecule has 2 unspecified atom stereocenters. The van der Waals surface area contributed by atoms with Crippen LogP contribution in [0.15, 0.2) is 24.3 Å². The third kappa shape index (κ3) is 9.81. The van der Waals surface area contributed by atoms with E-state index >= 15 is 0 Å². The van der Waals surface area contributed by atoms with E-state index in [0.29, 0.717) is 17.2 Å². The molecule has 0 saturated heterocycles. The van der Waals surface area contributed by atoms with Gasteiger partial charge in [0.05, 0.1) is 23.0 Å². The van der Waals surface area contributed by atoms with Gasteiger partial charge in [-0.05, 0) is 31.9 Å². The molecule has 30 heavy (non-hydrogen) atoms. The van der Waals surface area contributed by atoms with Gasteiger partial charge < -0.3 is 9.84 Å². The van der Waals surface area contributed by atoms with Crippen LogP contribution in [-0.2, 0) is 0 Å². The van der Waals surface area contributed by atoms with E-state index in [1.165, 1.54) is 69.5 Å². The van der Waals surface area contributed by atoms with E-state index in [1.54, 1.807) is 6.92 Å². The number of thioether (sulfide) groups is 1. The van der Waals surface area contributed by atoms with Crippen molar-refractivity contribution >= 4 is 28.2 Å². The molecule has 0 spiro atoms. The average molecular weight is 450 g/mol. The van der Waals surface area contributed by atoms with Gasteiger partial charge in [-0.2, -0.15) is 5.26 Å². The van der Waals surface area contributed by atoms with Crippen LogP contribution < -0.4 is 4.74 Å². The summed E-state index contributed by atoms with van der Waals surface area (Å²) in [6.07, 6.45) is 12.7. The van der Waals surface area contributed by atoms with Crippen LogP contribution in [0.4, 0.5) is 0 Å². The van der Waals surface area contributed by atoms with Crippen LogP contribution in [0.5, 0.6) is 5.75 Å². The molecule has 0 amide bonds. The van der Waals surface area contributed by atoms with E-state index in [-0.39, 0.29) is 0 Å². The number of nitrogens with zero attached hydrogens (tertiary/aromatic N) is 1. The van der Waals surface area contributed by atoms with Crippen LogP contribution in [0.2, 0.25) is 0 Å². The maximum atomic E-state index is 10.2. The van der Waals surface area contributed by atoms with Crippen LogP contribution in [0, 0.1) is 11.3 Å². The van der Waals surface area contributed by atoms with Crippen LogP contribution in [0.3, 0.4) is 0 Å². The van der Waals surface area contributed by atoms with E-state index in [9.17, 15) is 10.4 Å². The summed E-state index contributed by atoms with van der Waals surface area (Å²) < 4.78 is 5.64. The Bertz CT molecular complexity index is 659. The molecule has 0 radical (unpaired) electrons. The normalized spacial score (nSPS) is 14.0. The van der Waals surface area contributed by atoms with E-state index < -0.39 is 10.9 Å². The summed E-state index contributed by atoms with van der Waals surface area (Å²) in [5.41, 5.74) is 0.828. The summed E-state index contributed by atoms with van der Waals surface area (Å²) in [7, 11) is 0. The van der Waals surface area contributed by atoms with Crippen LogP contribution in [0.1, 0.15) is 97.0 Å². The maximum absolute atomic E-state index is 10.2. The number of para-hydroxylation sites is 1. The summed E-state index contributed by atoms with van der Waals surface area (Å²) in [5, 5.41) is 19.8. The highest BCUT2D eigenvalue weighted by Gasteiger charge is 2.35. The molecule has 1 N–H and O–H groups in total. The summed E-state index contributed by atoms with van der Waals surface area (Å²) in [4.78, 5) is 0. The minimum Gasteiger partial charge on any atom is -0.493 e. The zero-order valence-electron chi connectivity index (χ0n) is 19.0. The lowest BCUT2D eigenvalue weighted by atomic mass is 10.0. The first-order valence-electron chi connectivity index (χ1n) is 11.5. The Labute approximate surface area is 193 Å². The maximum Gasteiger partial charge on any atom is 0.131 e. The van der Waals surface area contributed by atoms with Crippen molar-refractivity contribution in [3.8, 4) is 11.8 Å². The molecule has 0 heterocycles. The highest BCUT2D eigenvalue weighted by Crippen LogP contribution is 2.35. The molecular formula is C25H39NO2S2. The SMILES string of the molecule is CCCCCCCCCCCCOc1ccccc1C(=S)SC(C)(C#N)C(O)CC. The third-order valence-electron chi connectivity index (χ3n) is 5.41. The Morgan fingerprint density at radius 1 is 1.07 bits per heavy atom. The molecule has 0 aromatic heterocycles. The van der Waals surface area contributed by atoms with Crippen molar-refractivity contribution in [2.75, 3.05) is 6.61 Å². The molecule has 1 aromatic rings. The molecule has 168 valence electrons. The number of hydrogen-bond donors (Lipinski definition) is 1. The van der Waals surface area contributed by atoms with E-state index in [4.69, 9.17) is 17.0 Å². The van der Waals surface area contributed by atoms with Gasteiger partial charge in [0, 0.05) is 5.56 Å².